The van der Waals surface area contributed by atoms with Gasteiger partial charge in [0, 0.05) is 31.7 Å². The Morgan fingerprint density at radius 2 is 2.00 bits per heavy atom. The van der Waals surface area contributed by atoms with Crippen LogP contribution in [0.3, 0.4) is 0 Å². The number of nitrogens with one attached hydrogen (secondary N) is 1. The van der Waals surface area contributed by atoms with Gasteiger partial charge in [-0.1, -0.05) is 23.8 Å². The van der Waals surface area contributed by atoms with Crippen LogP contribution in [-0.2, 0) is 6.54 Å². The number of pyridine rings is 1. The van der Waals surface area contributed by atoms with Crippen molar-refractivity contribution in [1.29, 1.82) is 0 Å². The second-order valence-corrected chi connectivity index (χ2v) is 4.51. The number of aryl methyl sites for hydroxylation is 1. The summed E-state index contributed by atoms with van der Waals surface area (Å²) in [6.45, 7) is 2.55. The Bertz CT molecular complexity index is 537. The highest BCUT2D eigenvalue weighted by Crippen LogP contribution is 2.10. The van der Waals surface area contributed by atoms with Crippen LogP contribution in [0, 0.1) is 6.92 Å². The van der Waals surface area contributed by atoms with E-state index in [2.05, 4.69) is 10.3 Å². The lowest BCUT2D eigenvalue weighted by molar-refractivity contribution is 0.220. The molecular weight excluding hydrogens is 238 g/mol. The third-order valence-electron chi connectivity index (χ3n) is 2.79. The monoisotopic (exact) mass is 255 g/mol. The maximum atomic E-state index is 12.0. The molecule has 0 bridgehead atoms. The molecule has 0 radical (unpaired) electrons. The maximum Gasteiger partial charge on any atom is 0.321 e. The molecule has 0 saturated carbocycles. The van der Waals surface area contributed by atoms with Crippen molar-refractivity contribution in [1.82, 2.24) is 9.88 Å². The van der Waals surface area contributed by atoms with Gasteiger partial charge in [-0.3, -0.25) is 4.98 Å². The number of anilines is 1. The predicted molar refractivity (Wildman–Crippen MR) is 75.9 cm³/mol. The Morgan fingerprint density at radius 3 is 2.63 bits per heavy atom. The maximum absolute atomic E-state index is 12.0. The standard InChI is InChI=1S/C15H17N3O/c1-12-5-7-14(8-6-12)17-15(19)18(2)11-13-4-3-9-16-10-13/h3-10H,11H2,1-2H3,(H,17,19). The molecule has 1 heterocycles. The third-order valence-corrected chi connectivity index (χ3v) is 2.79. The zero-order valence-electron chi connectivity index (χ0n) is 11.1. The van der Waals surface area contributed by atoms with Crippen LogP contribution in [0.15, 0.2) is 48.8 Å². The van der Waals surface area contributed by atoms with Gasteiger partial charge >= 0.3 is 6.03 Å². The van der Waals surface area contributed by atoms with Crippen LogP contribution >= 0.6 is 0 Å². The quantitative estimate of drug-likeness (QED) is 0.916. The minimum atomic E-state index is -0.132. The van der Waals surface area contributed by atoms with Crippen molar-refractivity contribution in [2.75, 3.05) is 12.4 Å². The van der Waals surface area contributed by atoms with Gasteiger partial charge in [0.1, 0.15) is 0 Å². The smallest absolute Gasteiger partial charge is 0.321 e. The summed E-state index contributed by atoms with van der Waals surface area (Å²) in [5.41, 5.74) is 2.97. The van der Waals surface area contributed by atoms with E-state index in [-0.39, 0.29) is 6.03 Å². The first-order valence-electron chi connectivity index (χ1n) is 6.13. The summed E-state index contributed by atoms with van der Waals surface area (Å²) < 4.78 is 0. The minimum Gasteiger partial charge on any atom is -0.323 e. The Morgan fingerprint density at radius 1 is 1.26 bits per heavy atom. The Hall–Kier alpha value is -2.36. The molecule has 2 rings (SSSR count). The highest BCUT2D eigenvalue weighted by molar-refractivity contribution is 5.89. The number of carbonyl (C=O) groups excluding carboxylic acids is 1. The molecule has 0 unspecified atom stereocenters. The normalized spacial score (nSPS) is 10.0. The first kappa shape index (κ1) is 13.1. The lowest BCUT2D eigenvalue weighted by atomic mass is 10.2. The number of carbonyl (C=O) groups is 1. The van der Waals surface area contributed by atoms with E-state index in [0.717, 1.165) is 11.3 Å². The average molecular weight is 255 g/mol. The van der Waals surface area contributed by atoms with Crippen LogP contribution in [0.25, 0.3) is 0 Å². The van der Waals surface area contributed by atoms with Crippen molar-refractivity contribution in [2.45, 2.75) is 13.5 Å². The third kappa shape index (κ3) is 3.81. The summed E-state index contributed by atoms with van der Waals surface area (Å²) in [6.07, 6.45) is 3.48. The molecule has 0 spiro atoms. The van der Waals surface area contributed by atoms with Crippen molar-refractivity contribution < 1.29 is 4.79 Å². The minimum absolute atomic E-state index is 0.132. The first-order valence-corrected chi connectivity index (χ1v) is 6.13. The lowest BCUT2D eigenvalue weighted by Gasteiger charge is -2.18. The molecule has 0 aliphatic heterocycles. The van der Waals surface area contributed by atoms with E-state index in [0.29, 0.717) is 6.54 Å². The molecule has 0 atom stereocenters. The molecule has 4 heteroatoms. The second-order valence-electron chi connectivity index (χ2n) is 4.51. The van der Waals surface area contributed by atoms with Crippen LogP contribution in [0.2, 0.25) is 0 Å². The predicted octanol–water partition coefficient (Wildman–Crippen LogP) is 3.05. The Kier molecular flexibility index (Phi) is 4.13. The van der Waals surface area contributed by atoms with Gasteiger partial charge < -0.3 is 10.2 Å². The summed E-state index contributed by atoms with van der Waals surface area (Å²) in [5.74, 6) is 0. The molecule has 1 aromatic heterocycles. The van der Waals surface area contributed by atoms with Crippen molar-refractivity contribution in [2.24, 2.45) is 0 Å². The molecule has 4 nitrogen and oxygen atoms in total. The Balaban J connectivity index is 1.94. The zero-order valence-corrected chi connectivity index (χ0v) is 11.1. The first-order chi connectivity index (χ1) is 9.15. The molecule has 2 amide bonds. The summed E-state index contributed by atoms with van der Waals surface area (Å²) in [5, 5.41) is 2.86. The summed E-state index contributed by atoms with van der Waals surface area (Å²) in [6, 6.07) is 11.4. The highest BCUT2D eigenvalue weighted by Gasteiger charge is 2.09. The van der Waals surface area contributed by atoms with Crippen LogP contribution in [0.4, 0.5) is 10.5 Å². The van der Waals surface area contributed by atoms with E-state index in [4.69, 9.17) is 0 Å². The van der Waals surface area contributed by atoms with Gasteiger partial charge in [-0.15, -0.1) is 0 Å². The van der Waals surface area contributed by atoms with E-state index < -0.39 is 0 Å². The topological polar surface area (TPSA) is 45.2 Å². The molecule has 0 aliphatic carbocycles. The summed E-state index contributed by atoms with van der Waals surface area (Å²) in [4.78, 5) is 17.7. The molecule has 0 aliphatic rings. The van der Waals surface area contributed by atoms with Gasteiger partial charge in [-0.2, -0.15) is 0 Å². The van der Waals surface area contributed by atoms with Gasteiger partial charge in [-0.25, -0.2) is 4.79 Å². The van der Waals surface area contributed by atoms with Gasteiger partial charge in [0.2, 0.25) is 0 Å². The van der Waals surface area contributed by atoms with Gasteiger partial charge in [-0.05, 0) is 30.7 Å². The van der Waals surface area contributed by atoms with Crippen LogP contribution in [-0.4, -0.2) is 23.0 Å². The molecule has 1 N–H and O–H groups in total. The van der Waals surface area contributed by atoms with E-state index >= 15 is 0 Å². The lowest BCUT2D eigenvalue weighted by Crippen LogP contribution is -2.30. The fourth-order valence-electron chi connectivity index (χ4n) is 1.69. The molecule has 19 heavy (non-hydrogen) atoms. The number of nitrogens with zero attached hydrogens (tertiary/aromatic N) is 2. The number of hydrogen-bond acceptors (Lipinski definition) is 2. The molecule has 98 valence electrons. The van der Waals surface area contributed by atoms with E-state index in [1.807, 2.05) is 43.3 Å². The van der Waals surface area contributed by atoms with Crippen molar-refractivity contribution in [3.8, 4) is 0 Å². The van der Waals surface area contributed by atoms with E-state index in [9.17, 15) is 4.79 Å². The van der Waals surface area contributed by atoms with Crippen LogP contribution in [0.1, 0.15) is 11.1 Å². The highest BCUT2D eigenvalue weighted by atomic mass is 16.2. The van der Waals surface area contributed by atoms with Crippen LogP contribution < -0.4 is 5.32 Å². The largest absolute Gasteiger partial charge is 0.323 e. The number of amides is 2. The fourth-order valence-corrected chi connectivity index (χ4v) is 1.69. The number of urea groups is 1. The van der Waals surface area contributed by atoms with Crippen molar-refractivity contribution >= 4 is 11.7 Å². The number of aromatic nitrogens is 1. The SMILES string of the molecule is Cc1ccc(NC(=O)N(C)Cc2cccnc2)cc1. The molecule has 2 aromatic rings. The number of benzene rings is 1. The fraction of sp³-hybridized carbons (Fsp3) is 0.200. The summed E-state index contributed by atoms with van der Waals surface area (Å²) >= 11 is 0. The van der Waals surface area contributed by atoms with Crippen LogP contribution in [0.5, 0.6) is 0 Å². The molecular formula is C15H17N3O. The van der Waals surface area contributed by atoms with Crippen molar-refractivity contribution in [3.63, 3.8) is 0 Å². The Labute approximate surface area is 113 Å². The number of hydrogen-bond donors (Lipinski definition) is 1. The molecule has 0 saturated heterocycles. The molecule has 0 fully saturated rings. The second kappa shape index (κ2) is 6.00. The molecule has 1 aromatic carbocycles. The van der Waals surface area contributed by atoms with Gasteiger partial charge in [0.05, 0.1) is 0 Å². The van der Waals surface area contributed by atoms with Gasteiger partial charge in [0.15, 0.2) is 0 Å². The number of rotatable bonds is 3. The summed E-state index contributed by atoms with van der Waals surface area (Å²) in [7, 11) is 1.76. The zero-order chi connectivity index (χ0) is 13.7. The van der Waals surface area contributed by atoms with E-state index in [1.54, 1.807) is 24.3 Å². The van der Waals surface area contributed by atoms with Gasteiger partial charge in [0.25, 0.3) is 0 Å². The average Bonchev–Trinajstić information content (AvgIpc) is 2.42. The van der Waals surface area contributed by atoms with Crippen molar-refractivity contribution in [3.05, 3.63) is 59.9 Å². The van der Waals surface area contributed by atoms with E-state index in [1.165, 1.54) is 5.56 Å².